The first-order chi connectivity index (χ1) is 10.7. The Morgan fingerprint density at radius 2 is 1.14 bits per heavy atom. The van der Waals surface area contributed by atoms with E-state index < -0.39 is 5.97 Å². The fraction of sp³-hybridized carbons (Fsp3) is 0.895. The molecule has 0 aliphatic heterocycles. The Hall–Kier alpha value is -0.860. The van der Waals surface area contributed by atoms with Crippen molar-refractivity contribution in [2.75, 3.05) is 0 Å². The fourth-order valence-corrected chi connectivity index (χ4v) is 2.24. The van der Waals surface area contributed by atoms with Gasteiger partial charge in [0.25, 0.3) is 0 Å². The smallest absolute Gasteiger partial charge is 0.303 e. The Labute approximate surface area is 137 Å². The van der Waals surface area contributed by atoms with Crippen molar-refractivity contribution in [1.29, 1.82) is 0 Å². The van der Waals surface area contributed by atoms with Crippen molar-refractivity contribution < 1.29 is 14.7 Å². The molecule has 0 bridgehead atoms. The molecule has 0 radical (unpaired) electrons. The Kier molecular flexibility index (Phi) is 23.9. The van der Waals surface area contributed by atoms with Crippen LogP contribution < -0.4 is 0 Å². The molecule has 0 rings (SSSR count). The molecule has 22 heavy (non-hydrogen) atoms. The zero-order valence-corrected chi connectivity index (χ0v) is 14.9. The van der Waals surface area contributed by atoms with Crippen LogP contribution in [-0.4, -0.2) is 17.4 Å². The third kappa shape index (κ3) is 27.5. The number of aldehydes is 1. The Morgan fingerprint density at radius 1 is 0.727 bits per heavy atom. The summed E-state index contributed by atoms with van der Waals surface area (Å²) in [5.41, 5.74) is 0. The Balaban J connectivity index is 0. The van der Waals surface area contributed by atoms with Gasteiger partial charge in [-0.15, -0.1) is 0 Å². The molecule has 132 valence electrons. The van der Waals surface area contributed by atoms with E-state index in [9.17, 15) is 9.59 Å². The summed E-state index contributed by atoms with van der Waals surface area (Å²) in [7, 11) is 0. The maximum atomic E-state index is 10.1. The van der Waals surface area contributed by atoms with Crippen LogP contribution >= 0.6 is 0 Å². The largest absolute Gasteiger partial charge is 0.481 e. The summed E-state index contributed by atoms with van der Waals surface area (Å²) in [6.45, 7) is 4.41. The van der Waals surface area contributed by atoms with Gasteiger partial charge < -0.3 is 9.90 Å². The van der Waals surface area contributed by atoms with Gasteiger partial charge in [-0.1, -0.05) is 84.5 Å². The molecule has 3 heteroatoms. The lowest BCUT2D eigenvalue weighted by molar-refractivity contribution is -0.137. The van der Waals surface area contributed by atoms with Crippen molar-refractivity contribution in [3.05, 3.63) is 0 Å². The lowest BCUT2D eigenvalue weighted by atomic mass is 10.1. The summed E-state index contributed by atoms with van der Waals surface area (Å²) < 4.78 is 0. The van der Waals surface area contributed by atoms with Crippen molar-refractivity contribution in [1.82, 2.24) is 0 Å². The molecule has 0 aromatic heterocycles. The van der Waals surface area contributed by atoms with Gasteiger partial charge in [0.05, 0.1) is 0 Å². The maximum absolute atomic E-state index is 10.1. The average Bonchev–Trinajstić information content (AvgIpc) is 2.50. The van der Waals surface area contributed by atoms with Gasteiger partial charge in [-0.05, 0) is 12.8 Å². The van der Waals surface area contributed by atoms with E-state index in [4.69, 9.17) is 5.11 Å². The minimum Gasteiger partial charge on any atom is -0.481 e. The third-order valence-electron chi connectivity index (χ3n) is 3.67. The van der Waals surface area contributed by atoms with Gasteiger partial charge in [0, 0.05) is 12.8 Å². The molecule has 0 aromatic carbocycles. The van der Waals surface area contributed by atoms with Crippen LogP contribution in [0.1, 0.15) is 110 Å². The van der Waals surface area contributed by atoms with E-state index in [1.807, 2.05) is 0 Å². The first-order valence-corrected chi connectivity index (χ1v) is 9.34. The molecule has 0 atom stereocenters. The zero-order chi connectivity index (χ0) is 16.9. The van der Waals surface area contributed by atoms with Crippen LogP contribution in [0.5, 0.6) is 0 Å². The SMILES string of the molecule is CCCCCCCCC=O.CCCCCCCCCC(=O)O. The molecule has 0 amide bonds. The summed E-state index contributed by atoms with van der Waals surface area (Å²) in [5.74, 6) is -0.663. The van der Waals surface area contributed by atoms with Gasteiger partial charge in [-0.2, -0.15) is 0 Å². The standard InChI is InChI=1S/C10H20O2.C9H18O/c1-2-3-4-5-6-7-8-9-10(11)12;1-2-3-4-5-6-7-8-9-10/h2-9H2,1H3,(H,11,12);9H,2-8H2,1H3. The number of carboxylic acids is 1. The maximum Gasteiger partial charge on any atom is 0.303 e. The first-order valence-electron chi connectivity index (χ1n) is 9.34. The normalized spacial score (nSPS) is 9.91. The van der Waals surface area contributed by atoms with Crippen molar-refractivity contribution in [3.8, 4) is 0 Å². The minimum absolute atomic E-state index is 0.341. The molecule has 0 unspecified atom stereocenters. The number of rotatable bonds is 15. The van der Waals surface area contributed by atoms with E-state index in [1.165, 1.54) is 64.2 Å². The second-order valence-corrected chi connectivity index (χ2v) is 5.99. The molecule has 0 aliphatic carbocycles. The molecule has 0 saturated carbocycles. The topological polar surface area (TPSA) is 54.4 Å². The van der Waals surface area contributed by atoms with Crippen molar-refractivity contribution in [2.45, 2.75) is 110 Å². The Morgan fingerprint density at radius 3 is 1.55 bits per heavy atom. The van der Waals surface area contributed by atoms with Crippen LogP contribution in [-0.2, 0) is 9.59 Å². The second-order valence-electron chi connectivity index (χ2n) is 5.99. The second kappa shape index (κ2) is 22.4. The summed E-state index contributed by atoms with van der Waals surface area (Å²) in [4.78, 5) is 20.0. The van der Waals surface area contributed by atoms with Crippen LogP contribution in [0, 0.1) is 0 Å². The van der Waals surface area contributed by atoms with Crippen LogP contribution in [0.15, 0.2) is 0 Å². The summed E-state index contributed by atoms with van der Waals surface area (Å²) in [6.07, 6.45) is 18.0. The lowest BCUT2D eigenvalue weighted by Gasteiger charge is -1.98. The van der Waals surface area contributed by atoms with Gasteiger partial charge in [-0.25, -0.2) is 0 Å². The van der Waals surface area contributed by atoms with Crippen LogP contribution in [0.25, 0.3) is 0 Å². The predicted molar refractivity (Wildman–Crippen MR) is 94.3 cm³/mol. The number of carbonyl (C=O) groups is 2. The fourth-order valence-electron chi connectivity index (χ4n) is 2.24. The van der Waals surface area contributed by atoms with E-state index >= 15 is 0 Å². The highest BCUT2D eigenvalue weighted by Gasteiger charge is 1.95. The molecule has 0 fully saturated rings. The molecule has 1 N–H and O–H groups in total. The van der Waals surface area contributed by atoms with E-state index in [-0.39, 0.29) is 0 Å². The molecule has 0 spiro atoms. The molecule has 0 heterocycles. The van der Waals surface area contributed by atoms with Gasteiger partial charge in [0.15, 0.2) is 0 Å². The highest BCUT2D eigenvalue weighted by molar-refractivity contribution is 5.66. The first kappa shape index (κ1) is 23.4. The monoisotopic (exact) mass is 314 g/mol. The molecular weight excluding hydrogens is 276 g/mol. The third-order valence-corrected chi connectivity index (χ3v) is 3.67. The molecule has 3 nitrogen and oxygen atoms in total. The van der Waals surface area contributed by atoms with E-state index in [0.29, 0.717) is 6.42 Å². The molecule has 0 aromatic rings. The number of carbonyl (C=O) groups excluding carboxylic acids is 1. The lowest BCUT2D eigenvalue weighted by Crippen LogP contribution is -1.93. The highest BCUT2D eigenvalue weighted by Crippen LogP contribution is 2.08. The molecule has 0 aliphatic rings. The number of hydrogen-bond donors (Lipinski definition) is 1. The average molecular weight is 315 g/mol. The van der Waals surface area contributed by atoms with E-state index in [2.05, 4.69) is 13.8 Å². The van der Waals surface area contributed by atoms with Gasteiger partial charge in [-0.3, -0.25) is 4.79 Å². The van der Waals surface area contributed by atoms with Crippen molar-refractivity contribution in [3.63, 3.8) is 0 Å². The number of aliphatic carboxylic acids is 1. The summed E-state index contributed by atoms with van der Waals surface area (Å²) in [6, 6.07) is 0. The summed E-state index contributed by atoms with van der Waals surface area (Å²) in [5, 5.41) is 8.35. The number of hydrogen-bond acceptors (Lipinski definition) is 2. The van der Waals surface area contributed by atoms with E-state index in [1.54, 1.807) is 0 Å². The van der Waals surface area contributed by atoms with Gasteiger partial charge in [0.2, 0.25) is 0 Å². The van der Waals surface area contributed by atoms with Crippen LogP contribution in [0.3, 0.4) is 0 Å². The van der Waals surface area contributed by atoms with Gasteiger partial charge >= 0.3 is 5.97 Å². The van der Waals surface area contributed by atoms with Gasteiger partial charge in [0.1, 0.15) is 6.29 Å². The minimum atomic E-state index is -0.663. The quantitative estimate of drug-likeness (QED) is 0.291. The van der Waals surface area contributed by atoms with Crippen molar-refractivity contribution >= 4 is 12.3 Å². The van der Waals surface area contributed by atoms with Crippen molar-refractivity contribution in [2.24, 2.45) is 0 Å². The van der Waals surface area contributed by atoms with Crippen LogP contribution in [0.2, 0.25) is 0 Å². The number of unbranched alkanes of at least 4 members (excludes halogenated alkanes) is 12. The summed E-state index contributed by atoms with van der Waals surface area (Å²) >= 11 is 0. The van der Waals surface area contributed by atoms with E-state index in [0.717, 1.165) is 32.0 Å². The highest BCUT2D eigenvalue weighted by atomic mass is 16.4. The zero-order valence-electron chi connectivity index (χ0n) is 14.9. The molecular formula is C19H38O3. The Bertz CT molecular complexity index is 227. The van der Waals surface area contributed by atoms with Crippen LogP contribution in [0.4, 0.5) is 0 Å². The predicted octanol–water partition coefficient (Wildman–Crippen LogP) is 6.15. The number of carboxylic acid groups (broad SMARTS) is 1. The molecule has 0 saturated heterocycles.